The van der Waals surface area contributed by atoms with Crippen LogP contribution in [0.5, 0.6) is 0 Å². The van der Waals surface area contributed by atoms with Crippen molar-refractivity contribution in [3.63, 3.8) is 0 Å². The van der Waals surface area contributed by atoms with E-state index < -0.39 is 5.56 Å². The van der Waals surface area contributed by atoms with Crippen LogP contribution in [0, 0.1) is 25.2 Å². The predicted octanol–water partition coefficient (Wildman–Crippen LogP) is 2.21. The van der Waals surface area contributed by atoms with Gasteiger partial charge in [0.05, 0.1) is 5.69 Å². The van der Waals surface area contributed by atoms with Gasteiger partial charge in [0.1, 0.15) is 18.2 Å². The molecule has 1 aromatic heterocycles. The summed E-state index contributed by atoms with van der Waals surface area (Å²) in [4.78, 5) is 24.3. The Morgan fingerprint density at radius 1 is 1.27 bits per heavy atom. The van der Waals surface area contributed by atoms with Crippen molar-refractivity contribution in [2.24, 2.45) is 0 Å². The van der Waals surface area contributed by atoms with E-state index in [1.807, 2.05) is 6.07 Å². The van der Waals surface area contributed by atoms with Gasteiger partial charge in [-0.2, -0.15) is 10.4 Å². The third kappa shape index (κ3) is 4.57. The average Bonchev–Trinajstić information content (AvgIpc) is 2.60. The maximum Gasteiger partial charge on any atom is 0.285 e. The Morgan fingerprint density at radius 2 is 1.92 bits per heavy atom. The molecule has 0 aliphatic rings. The molecule has 2 aromatic rings. The van der Waals surface area contributed by atoms with Gasteiger partial charge in [-0.1, -0.05) is 38.1 Å². The monoisotopic (exact) mass is 352 g/mol. The third-order valence-electron chi connectivity index (χ3n) is 4.42. The van der Waals surface area contributed by atoms with E-state index in [1.54, 1.807) is 13.8 Å². The molecule has 1 aromatic carbocycles. The highest BCUT2D eigenvalue weighted by Crippen LogP contribution is 2.14. The number of aromatic nitrogens is 2. The number of amides is 1. The van der Waals surface area contributed by atoms with Gasteiger partial charge in [-0.3, -0.25) is 9.59 Å². The topological polar surface area (TPSA) is 87.8 Å². The van der Waals surface area contributed by atoms with Crippen LogP contribution in [0.1, 0.15) is 47.7 Å². The summed E-state index contributed by atoms with van der Waals surface area (Å²) >= 11 is 0. The van der Waals surface area contributed by atoms with Crippen LogP contribution in [0.3, 0.4) is 0 Å². The van der Waals surface area contributed by atoms with E-state index in [0.29, 0.717) is 30.1 Å². The maximum atomic E-state index is 12.2. The molecular formula is C20H24N4O2. The molecule has 26 heavy (non-hydrogen) atoms. The lowest BCUT2D eigenvalue weighted by atomic mass is 10.0. The van der Waals surface area contributed by atoms with Crippen LogP contribution in [-0.2, 0) is 17.8 Å². The number of rotatable bonds is 6. The molecule has 6 nitrogen and oxygen atoms in total. The first-order valence-electron chi connectivity index (χ1n) is 8.67. The number of nitriles is 1. The van der Waals surface area contributed by atoms with Gasteiger partial charge in [0.25, 0.3) is 5.56 Å². The van der Waals surface area contributed by atoms with Crippen LogP contribution in [-0.4, -0.2) is 22.2 Å². The van der Waals surface area contributed by atoms with Crippen LogP contribution in [0.4, 0.5) is 0 Å². The first kappa shape index (κ1) is 19.4. The lowest BCUT2D eigenvalue weighted by Crippen LogP contribution is -2.36. The van der Waals surface area contributed by atoms with E-state index in [2.05, 4.69) is 48.5 Å². The number of carbonyl (C=O) groups is 1. The lowest BCUT2D eigenvalue weighted by Gasteiger charge is -2.10. The molecule has 0 bridgehead atoms. The smallest absolute Gasteiger partial charge is 0.285 e. The molecule has 1 amide bonds. The molecule has 0 saturated carbocycles. The van der Waals surface area contributed by atoms with Gasteiger partial charge in [0.15, 0.2) is 0 Å². The molecule has 136 valence electrons. The molecule has 0 fully saturated rings. The second-order valence-corrected chi connectivity index (χ2v) is 6.66. The number of benzene rings is 1. The van der Waals surface area contributed by atoms with E-state index in [-0.39, 0.29) is 18.0 Å². The summed E-state index contributed by atoms with van der Waals surface area (Å²) in [7, 11) is 0. The Bertz CT molecular complexity index is 890. The van der Waals surface area contributed by atoms with Crippen LogP contribution in [0.15, 0.2) is 29.1 Å². The highest BCUT2D eigenvalue weighted by atomic mass is 16.2. The standard InChI is InChI=1S/C20H24N4O2/c1-13(2)17-7-5-16(6-8-17)9-10-22-19(25)12-24-20(26)18(11-21)14(3)15(4)23-24/h5-8,13H,9-10,12H2,1-4H3,(H,22,25). The number of nitrogens with zero attached hydrogens (tertiary/aromatic N) is 3. The first-order valence-corrected chi connectivity index (χ1v) is 8.67. The molecule has 1 heterocycles. The zero-order valence-corrected chi connectivity index (χ0v) is 15.7. The summed E-state index contributed by atoms with van der Waals surface area (Å²) < 4.78 is 1.05. The highest BCUT2D eigenvalue weighted by molar-refractivity contribution is 5.75. The minimum absolute atomic E-state index is 0.0375. The summed E-state index contributed by atoms with van der Waals surface area (Å²) in [5, 5.41) is 16.0. The van der Waals surface area contributed by atoms with Crippen molar-refractivity contribution in [1.82, 2.24) is 15.1 Å². The quantitative estimate of drug-likeness (QED) is 0.863. The fourth-order valence-corrected chi connectivity index (χ4v) is 2.62. The van der Waals surface area contributed by atoms with E-state index in [4.69, 9.17) is 5.26 Å². The van der Waals surface area contributed by atoms with Gasteiger partial charge in [-0.05, 0) is 42.9 Å². The number of hydrogen-bond donors (Lipinski definition) is 1. The van der Waals surface area contributed by atoms with Crippen molar-refractivity contribution < 1.29 is 4.79 Å². The van der Waals surface area contributed by atoms with Crippen LogP contribution in [0.2, 0.25) is 0 Å². The first-order chi connectivity index (χ1) is 12.3. The van der Waals surface area contributed by atoms with Crippen LogP contribution in [0.25, 0.3) is 0 Å². The zero-order chi connectivity index (χ0) is 19.3. The highest BCUT2D eigenvalue weighted by Gasteiger charge is 2.13. The fraction of sp³-hybridized carbons (Fsp3) is 0.400. The maximum absolute atomic E-state index is 12.2. The molecule has 0 aliphatic carbocycles. The number of nitrogens with one attached hydrogen (secondary N) is 1. The SMILES string of the molecule is Cc1nn(CC(=O)NCCc2ccc(C(C)C)cc2)c(=O)c(C#N)c1C. The minimum atomic E-state index is -0.532. The van der Waals surface area contributed by atoms with Crippen molar-refractivity contribution in [3.8, 4) is 6.07 Å². The lowest BCUT2D eigenvalue weighted by molar-refractivity contribution is -0.121. The summed E-state index contributed by atoms with van der Waals surface area (Å²) in [5.41, 5.74) is 3.05. The van der Waals surface area contributed by atoms with Crippen molar-refractivity contribution in [2.75, 3.05) is 6.54 Å². The van der Waals surface area contributed by atoms with Crippen molar-refractivity contribution in [1.29, 1.82) is 5.26 Å². The van der Waals surface area contributed by atoms with Crippen molar-refractivity contribution >= 4 is 5.91 Å². The zero-order valence-electron chi connectivity index (χ0n) is 15.7. The van der Waals surface area contributed by atoms with Gasteiger partial charge >= 0.3 is 0 Å². The molecule has 0 spiro atoms. The number of carbonyl (C=O) groups excluding carboxylic acids is 1. The van der Waals surface area contributed by atoms with Crippen LogP contribution < -0.4 is 10.9 Å². The largest absolute Gasteiger partial charge is 0.354 e. The molecule has 2 rings (SSSR count). The predicted molar refractivity (Wildman–Crippen MR) is 99.9 cm³/mol. The Kier molecular flexibility index (Phi) is 6.29. The molecule has 6 heteroatoms. The Hall–Kier alpha value is -2.94. The number of aryl methyl sites for hydroxylation is 1. The molecule has 0 aliphatic heterocycles. The van der Waals surface area contributed by atoms with Crippen LogP contribution >= 0.6 is 0 Å². The van der Waals surface area contributed by atoms with Gasteiger partial charge in [0, 0.05) is 6.54 Å². The summed E-state index contributed by atoms with van der Waals surface area (Å²) in [6.45, 7) is 7.97. The molecule has 0 saturated heterocycles. The van der Waals surface area contributed by atoms with E-state index in [9.17, 15) is 9.59 Å². The van der Waals surface area contributed by atoms with Gasteiger partial charge in [0.2, 0.25) is 5.91 Å². The summed E-state index contributed by atoms with van der Waals surface area (Å²) in [6, 6.07) is 10.2. The normalized spacial score (nSPS) is 10.6. The Labute approximate surface area is 153 Å². The van der Waals surface area contributed by atoms with Crippen molar-refractivity contribution in [2.45, 2.75) is 46.6 Å². The van der Waals surface area contributed by atoms with E-state index in [1.165, 1.54) is 5.56 Å². The van der Waals surface area contributed by atoms with E-state index >= 15 is 0 Å². The van der Waals surface area contributed by atoms with Crippen molar-refractivity contribution in [3.05, 3.63) is 62.6 Å². The van der Waals surface area contributed by atoms with E-state index in [0.717, 1.165) is 10.2 Å². The molecule has 0 unspecified atom stereocenters. The van der Waals surface area contributed by atoms with Gasteiger partial charge in [-0.25, -0.2) is 4.68 Å². The Morgan fingerprint density at radius 3 is 2.50 bits per heavy atom. The van der Waals surface area contributed by atoms with Gasteiger partial charge in [-0.15, -0.1) is 0 Å². The second-order valence-electron chi connectivity index (χ2n) is 6.66. The second kappa shape index (κ2) is 8.43. The Balaban J connectivity index is 1.95. The molecule has 0 radical (unpaired) electrons. The fourth-order valence-electron chi connectivity index (χ4n) is 2.62. The molecule has 1 N–H and O–H groups in total. The summed E-state index contributed by atoms with van der Waals surface area (Å²) in [5.74, 6) is 0.191. The number of hydrogen-bond acceptors (Lipinski definition) is 4. The minimum Gasteiger partial charge on any atom is -0.354 e. The van der Waals surface area contributed by atoms with Gasteiger partial charge < -0.3 is 5.32 Å². The third-order valence-corrected chi connectivity index (χ3v) is 4.42. The molecular weight excluding hydrogens is 328 g/mol. The average molecular weight is 352 g/mol. The summed E-state index contributed by atoms with van der Waals surface area (Å²) in [6.07, 6.45) is 0.711. The molecule has 0 atom stereocenters.